The summed E-state index contributed by atoms with van der Waals surface area (Å²) < 4.78 is 5.76. The third-order valence-corrected chi connectivity index (χ3v) is 2.18. The zero-order valence-corrected chi connectivity index (χ0v) is 10.7. The molecule has 1 heterocycles. The molecule has 0 radical (unpaired) electrons. The largest absolute Gasteiger partial charge is 0.475 e. The van der Waals surface area contributed by atoms with Gasteiger partial charge in [-0.1, -0.05) is 13.8 Å². The maximum absolute atomic E-state index is 5.76. The van der Waals surface area contributed by atoms with Crippen LogP contribution in [0.4, 0.5) is 5.95 Å². The lowest BCUT2D eigenvalue weighted by atomic mass is 10.1. The molecule has 4 nitrogen and oxygen atoms in total. The van der Waals surface area contributed by atoms with Crippen molar-refractivity contribution in [1.82, 2.24) is 9.97 Å². The van der Waals surface area contributed by atoms with Crippen LogP contribution in [0.3, 0.4) is 0 Å². The fourth-order valence-corrected chi connectivity index (χ4v) is 1.63. The van der Waals surface area contributed by atoms with E-state index >= 15 is 0 Å². The van der Waals surface area contributed by atoms with E-state index in [9.17, 15) is 0 Å². The summed E-state index contributed by atoms with van der Waals surface area (Å²) in [4.78, 5) is 8.47. The van der Waals surface area contributed by atoms with Crippen LogP contribution in [0.5, 0.6) is 5.88 Å². The van der Waals surface area contributed by atoms with Gasteiger partial charge in [-0.15, -0.1) is 0 Å². The number of ether oxygens (including phenoxy) is 1. The van der Waals surface area contributed by atoms with E-state index in [2.05, 4.69) is 36.1 Å². The first kappa shape index (κ1) is 12.7. The zero-order chi connectivity index (χ0) is 12.1. The maximum Gasteiger partial charge on any atom is 0.225 e. The van der Waals surface area contributed by atoms with E-state index in [1.54, 1.807) is 7.05 Å². The third kappa shape index (κ3) is 4.04. The molecule has 0 aliphatic heterocycles. The van der Waals surface area contributed by atoms with Gasteiger partial charge in [0, 0.05) is 18.8 Å². The van der Waals surface area contributed by atoms with Crippen molar-refractivity contribution in [2.24, 2.45) is 5.92 Å². The quantitative estimate of drug-likeness (QED) is 0.833. The fourth-order valence-electron chi connectivity index (χ4n) is 1.63. The van der Waals surface area contributed by atoms with E-state index < -0.39 is 0 Å². The van der Waals surface area contributed by atoms with E-state index in [0.29, 0.717) is 17.7 Å². The number of aryl methyl sites for hydroxylation is 1. The van der Waals surface area contributed by atoms with Gasteiger partial charge in [-0.25, -0.2) is 4.98 Å². The van der Waals surface area contributed by atoms with Crippen molar-refractivity contribution in [3.8, 4) is 5.88 Å². The molecule has 4 heteroatoms. The van der Waals surface area contributed by atoms with E-state index in [1.807, 2.05) is 13.0 Å². The van der Waals surface area contributed by atoms with Crippen LogP contribution in [0.1, 0.15) is 32.9 Å². The summed E-state index contributed by atoms with van der Waals surface area (Å²) in [6.45, 7) is 8.37. The molecule has 0 aliphatic rings. The molecular formula is C12H21N3O. The van der Waals surface area contributed by atoms with E-state index in [-0.39, 0.29) is 6.10 Å². The molecule has 1 rings (SSSR count). The van der Waals surface area contributed by atoms with Gasteiger partial charge in [-0.2, -0.15) is 4.98 Å². The number of rotatable bonds is 5. The van der Waals surface area contributed by atoms with E-state index in [0.717, 1.165) is 12.1 Å². The topological polar surface area (TPSA) is 47.0 Å². The standard InChI is InChI=1S/C12H21N3O/c1-8(2)6-10(4)16-11-7-9(3)14-12(13-5)15-11/h7-8,10H,6H2,1-5H3,(H,13,14,15). The highest BCUT2D eigenvalue weighted by atomic mass is 16.5. The van der Waals surface area contributed by atoms with Gasteiger partial charge in [0.05, 0.1) is 6.10 Å². The van der Waals surface area contributed by atoms with Gasteiger partial charge in [0.2, 0.25) is 11.8 Å². The Balaban J connectivity index is 2.69. The van der Waals surface area contributed by atoms with Crippen LogP contribution >= 0.6 is 0 Å². The van der Waals surface area contributed by atoms with Gasteiger partial charge in [0.25, 0.3) is 0 Å². The SMILES string of the molecule is CNc1nc(C)cc(OC(C)CC(C)C)n1. The molecule has 1 aromatic heterocycles. The summed E-state index contributed by atoms with van der Waals surface area (Å²) in [6, 6.07) is 1.86. The zero-order valence-electron chi connectivity index (χ0n) is 10.7. The molecule has 0 spiro atoms. The summed E-state index contributed by atoms with van der Waals surface area (Å²) >= 11 is 0. The van der Waals surface area contributed by atoms with Crippen molar-refractivity contribution in [2.45, 2.75) is 40.2 Å². The minimum Gasteiger partial charge on any atom is -0.475 e. The molecule has 0 amide bonds. The third-order valence-electron chi connectivity index (χ3n) is 2.18. The average Bonchev–Trinajstić information content (AvgIpc) is 2.14. The maximum atomic E-state index is 5.76. The highest BCUT2D eigenvalue weighted by molar-refractivity contribution is 5.29. The molecule has 0 aromatic carbocycles. The number of hydrogen-bond donors (Lipinski definition) is 1. The summed E-state index contributed by atoms with van der Waals surface area (Å²) in [5, 5.41) is 2.92. The van der Waals surface area contributed by atoms with Crippen LogP contribution in [0.15, 0.2) is 6.07 Å². The van der Waals surface area contributed by atoms with Crippen LogP contribution in [0, 0.1) is 12.8 Å². The first-order chi connectivity index (χ1) is 7.51. The first-order valence-electron chi connectivity index (χ1n) is 5.71. The van der Waals surface area contributed by atoms with Crippen molar-refractivity contribution >= 4 is 5.95 Å². The Kier molecular flexibility index (Phi) is 4.52. The first-order valence-corrected chi connectivity index (χ1v) is 5.71. The molecule has 1 N–H and O–H groups in total. The number of nitrogens with zero attached hydrogens (tertiary/aromatic N) is 2. The van der Waals surface area contributed by atoms with Gasteiger partial charge < -0.3 is 10.1 Å². The molecule has 0 saturated carbocycles. The minimum atomic E-state index is 0.180. The molecule has 0 fully saturated rings. The summed E-state index contributed by atoms with van der Waals surface area (Å²) in [5.41, 5.74) is 0.908. The van der Waals surface area contributed by atoms with Crippen LogP contribution in [0.25, 0.3) is 0 Å². The summed E-state index contributed by atoms with van der Waals surface area (Å²) in [7, 11) is 1.80. The highest BCUT2D eigenvalue weighted by Crippen LogP contribution is 2.16. The Morgan fingerprint density at radius 1 is 1.31 bits per heavy atom. The smallest absolute Gasteiger partial charge is 0.225 e. The molecule has 1 aromatic rings. The lowest BCUT2D eigenvalue weighted by Gasteiger charge is -2.16. The summed E-state index contributed by atoms with van der Waals surface area (Å²) in [5.74, 6) is 1.87. The van der Waals surface area contributed by atoms with Gasteiger partial charge in [0.15, 0.2) is 0 Å². The molecule has 90 valence electrons. The predicted octanol–water partition coefficient (Wildman–Crippen LogP) is 2.64. The van der Waals surface area contributed by atoms with Gasteiger partial charge >= 0.3 is 0 Å². The fraction of sp³-hybridized carbons (Fsp3) is 0.667. The normalized spacial score (nSPS) is 12.6. The van der Waals surface area contributed by atoms with Crippen LogP contribution in [0.2, 0.25) is 0 Å². The molecule has 16 heavy (non-hydrogen) atoms. The summed E-state index contributed by atoms with van der Waals surface area (Å²) in [6.07, 6.45) is 1.21. The Bertz CT molecular complexity index is 339. The molecule has 0 aliphatic carbocycles. The lowest BCUT2D eigenvalue weighted by molar-refractivity contribution is 0.185. The second-order valence-electron chi connectivity index (χ2n) is 4.48. The molecule has 0 saturated heterocycles. The van der Waals surface area contributed by atoms with E-state index in [1.165, 1.54) is 0 Å². The van der Waals surface area contributed by atoms with Crippen LogP contribution in [-0.2, 0) is 0 Å². The predicted molar refractivity (Wildman–Crippen MR) is 65.9 cm³/mol. The number of hydrogen-bond acceptors (Lipinski definition) is 4. The molecule has 1 unspecified atom stereocenters. The van der Waals surface area contributed by atoms with Crippen LogP contribution in [-0.4, -0.2) is 23.1 Å². The molecule has 1 atom stereocenters. The number of anilines is 1. The Morgan fingerprint density at radius 2 is 2.00 bits per heavy atom. The monoisotopic (exact) mass is 223 g/mol. The van der Waals surface area contributed by atoms with Crippen LogP contribution < -0.4 is 10.1 Å². The van der Waals surface area contributed by atoms with E-state index in [4.69, 9.17) is 4.74 Å². The van der Waals surface area contributed by atoms with Gasteiger partial charge in [-0.3, -0.25) is 0 Å². The number of aromatic nitrogens is 2. The highest BCUT2D eigenvalue weighted by Gasteiger charge is 2.09. The van der Waals surface area contributed by atoms with Gasteiger partial charge in [-0.05, 0) is 26.2 Å². The average molecular weight is 223 g/mol. The number of nitrogens with one attached hydrogen (secondary N) is 1. The van der Waals surface area contributed by atoms with Gasteiger partial charge in [0.1, 0.15) is 0 Å². The second kappa shape index (κ2) is 5.68. The van der Waals surface area contributed by atoms with Crippen molar-refractivity contribution in [1.29, 1.82) is 0 Å². The molecular weight excluding hydrogens is 202 g/mol. The molecule has 0 bridgehead atoms. The minimum absolute atomic E-state index is 0.180. The van der Waals surface area contributed by atoms with Crippen molar-refractivity contribution in [3.05, 3.63) is 11.8 Å². The Morgan fingerprint density at radius 3 is 2.56 bits per heavy atom. The van der Waals surface area contributed by atoms with Crippen molar-refractivity contribution < 1.29 is 4.74 Å². The second-order valence-corrected chi connectivity index (χ2v) is 4.48. The Labute approximate surface area is 97.5 Å². The Hall–Kier alpha value is -1.32. The van der Waals surface area contributed by atoms with Crippen molar-refractivity contribution in [2.75, 3.05) is 12.4 Å². The lowest BCUT2D eigenvalue weighted by Crippen LogP contribution is -2.15. The van der Waals surface area contributed by atoms with Crippen molar-refractivity contribution in [3.63, 3.8) is 0 Å².